The van der Waals surface area contributed by atoms with Crippen LogP contribution in [0, 0.1) is 23.4 Å². The van der Waals surface area contributed by atoms with E-state index in [1.165, 1.54) is 6.07 Å². The summed E-state index contributed by atoms with van der Waals surface area (Å²) in [7, 11) is 0. The first kappa shape index (κ1) is 27.8. The molecule has 0 saturated heterocycles. The molecule has 0 heterocycles. The highest BCUT2D eigenvalue weighted by Gasteiger charge is 2.30. The largest absolute Gasteiger partial charge is 0.494 e. The molecule has 2 aromatic rings. The molecule has 2 aliphatic rings. The van der Waals surface area contributed by atoms with Gasteiger partial charge in [0.1, 0.15) is 5.75 Å². The first-order valence-electron chi connectivity index (χ1n) is 14.1. The van der Waals surface area contributed by atoms with Gasteiger partial charge in [-0.25, -0.2) is 13.2 Å². The predicted octanol–water partition coefficient (Wildman–Crippen LogP) is 8.70. The SMILES string of the molecule is CCCCOC1CCC(c2ccc(C3CCC(COc4ccc(OCC)cc4F)CC3)c(F)c2F)CC1. The van der Waals surface area contributed by atoms with Crippen LogP contribution in [0.5, 0.6) is 11.5 Å². The molecule has 0 unspecified atom stereocenters. The number of rotatable bonds is 11. The number of ether oxygens (including phenoxy) is 3. The smallest absolute Gasteiger partial charge is 0.168 e. The molecule has 0 bridgehead atoms. The summed E-state index contributed by atoms with van der Waals surface area (Å²) in [4.78, 5) is 0. The lowest BCUT2D eigenvalue weighted by molar-refractivity contribution is 0.0230. The maximum Gasteiger partial charge on any atom is 0.168 e. The van der Waals surface area contributed by atoms with Crippen molar-refractivity contribution in [2.75, 3.05) is 19.8 Å². The first-order valence-corrected chi connectivity index (χ1v) is 14.1. The second-order valence-corrected chi connectivity index (χ2v) is 10.6. The zero-order valence-electron chi connectivity index (χ0n) is 22.2. The number of hydrogen-bond acceptors (Lipinski definition) is 3. The molecule has 0 radical (unpaired) electrons. The quantitative estimate of drug-likeness (QED) is 0.279. The van der Waals surface area contributed by atoms with Crippen LogP contribution in [0.1, 0.15) is 101 Å². The molecule has 6 heteroatoms. The Labute approximate surface area is 219 Å². The van der Waals surface area contributed by atoms with Crippen molar-refractivity contribution in [3.8, 4) is 11.5 Å². The van der Waals surface area contributed by atoms with E-state index in [0.717, 1.165) is 70.8 Å². The van der Waals surface area contributed by atoms with Gasteiger partial charge in [-0.3, -0.25) is 0 Å². The van der Waals surface area contributed by atoms with Gasteiger partial charge in [-0.1, -0.05) is 25.5 Å². The highest BCUT2D eigenvalue weighted by Crippen LogP contribution is 2.41. The van der Waals surface area contributed by atoms with E-state index in [2.05, 4.69) is 6.92 Å². The highest BCUT2D eigenvalue weighted by molar-refractivity contribution is 5.33. The summed E-state index contributed by atoms with van der Waals surface area (Å²) in [6, 6.07) is 8.27. The molecule has 0 spiro atoms. The van der Waals surface area contributed by atoms with E-state index < -0.39 is 17.5 Å². The van der Waals surface area contributed by atoms with Gasteiger partial charge in [0.15, 0.2) is 23.2 Å². The number of halogens is 3. The molecule has 4 rings (SSSR count). The monoisotopic (exact) mass is 518 g/mol. The van der Waals surface area contributed by atoms with Crippen molar-refractivity contribution in [3.63, 3.8) is 0 Å². The maximum absolute atomic E-state index is 15.2. The summed E-state index contributed by atoms with van der Waals surface area (Å²) in [6.45, 7) is 5.68. The van der Waals surface area contributed by atoms with Crippen LogP contribution in [0.25, 0.3) is 0 Å². The van der Waals surface area contributed by atoms with Crippen molar-refractivity contribution in [3.05, 3.63) is 58.9 Å². The van der Waals surface area contributed by atoms with Crippen LogP contribution in [0.4, 0.5) is 13.2 Å². The second-order valence-electron chi connectivity index (χ2n) is 10.6. The lowest BCUT2D eigenvalue weighted by Crippen LogP contribution is -2.22. The summed E-state index contributed by atoms with van der Waals surface area (Å²) in [6.07, 6.45) is 9.16. The Hall–Kier alpha value is -2.21. The number of hydrogen-bond donors (Lipinski definition) is 0. The van der Waals surface area contributed by atoms with Gasteiger partial charge in [0.05, 0.1) is 19.3 Å². The Balaban J connectivity index is 1.27. The van der Waals surface area contributed by atoms with Gasteiger partial charge < -0.3 is 14.2 Å². The Morgan fingerprint density at radius 3 is 1.95 bits per heavy atom. The third-order valence-corrected chi connectivity index (χ3v) is 8.08. The molecule has 2 fully saturated rings. The van der Waals surface area contributed by atoms with E-state index in [0.29, 0.717) is 30.1 Å². The van der Waals surface area contributed by atoms with Gasteiger partial charge in [0.25, 0.3) is 0 Å². The van der Waals surface area contributed by atoms with Gasteiger partial charge in [-0.15, -0.1) is 0 Å². The van der Waals surface area contributed by atoms with Crippen LogP contribution < -0.4 is 9.47 Å². The standard InChI is InChI=1S/C31H41F3O3/c1-3-5-18-36-24-12-10-23(11-13-24)27-16-15-26(30(33)31(27)34)22-8-6-21(7-9-22)20-37-29-17-14-25(35-4-2)19-28(29)32/h14-17,19,21-24H,3-13,18,20H2,1-2H3. The minimum atomic E-state index is -0.671. The van der Waals surface area contributed by atoms with Crippen molar-refractivity contribution in [1.82, 2.24) is 0 Å². The van der Waals surface area contributed by atoms with Gasteiger partial charge in [-0.2, -0.15) is 0 Å². The van der Waals surface area contributed by atoms with Crippen molar-refractivity contribution in [2.24, 2.45) is 5.92 Å². The van der Waals surface area contributed by atoms with E-state index >= 15 is 8.78 Å². The third kappa shape index (κ3) is 7.22. The van der Waals surface area contributed by atoms with Gasteiger partial charge in [-0.05, 0) is 106 Å². The molecule has 0 aromatic heterocycles. The van der Waals surface area contributed by atoms with Gasteiger partial charge in [0.2, 0.25) is 0 Å². The van der Waals surface area contributed by atoms with E-state index in [1.807, 2.05) is 19.1 Å². The van der Waals surface area contributed by atoms with E-state index in [9.17, 15) is 4.39 Å². The molecule has 3 nitrogen and oxygen atoms in total. The lowest BCUT2D eigenvalue weighted by Gasteiger charge is -2.31. The van der Waals surface area contributed by atoms with Crippen molar-refractivity contribution >= 4 is 0 Å². The number of unbranched alkanes of at least 4 members (excludes halogenated alkanes) is 1. The maximum atomic E-state index is 15.2. The fourth-order valence-electron chi connectivity index (χ4n) is 5.85. The summed E-state index contributed by atoms with van der Waals surface area (Å²) in [5.41, 5.74) is 1.02. The van der Waals surface area contributed by atoms with Gasteiger partial charge >= 0.3 is 0 Å². The molecule has 0 amide bonds. The van der Waals surface area contributed by atoms with E-state index in [4.69, 9.17) is 14.2 Å². The summed E-state index contributed by atoms with van der Waals surface area (Å²) in [5, 5.41) is 0. The van der Waals surface area contributed by atoms with E-state index in [-0.39, 0.29) is 29.6 Å². The van der Waals surface area contributed by atoms with Crippen LogP contribution in [0.15, 0.2) is 30.3 Å². The minimum absolute atomic E-state index is 0.00436. The molecule has 37 heavy (non-hydrogen) atoms. The van der Waals surface area contributed by atoms with Crippen LogP contribution in [-0.4, -0.2) is 25.9 Å². The van der Waals surface area contributed by atoms with Crippen molar-refractivity contribution < 1.29 is 27.4 Å². The second kappa shape index (κ2) is 13.5. The molecule has 2 aliphatic carbocycles. The normalized spacial score (nSPS) is 24.1. The zero-order chi connectivity index (χ0) is 26.2. The molecule has 0 aliphatic heterocycles. The van der Waals surface area contributed by atoms with Crippen LogP contribution in [-0.2, 0) is 4.74 Å². The van der Waals surface area contributed by atoms with Crippen LogP contribution >= 0.6 is 0 Å². The molecule has 0 N–H and O–H groups in total. The fraction of sp³-hybridized carbons (Fsp3) is 0.613. The lowest BCUT2D eigenvalue weighted by atomic mass is 9.77. The van der Waals surface area contributed by atoms with Gasteiger partial charge in [0, 0.05) is 12.7 Å². The summed E-state index contributed by atoms with van der Waals surface area (Å²) in [5.74, 6) is -0.735. The molecule has 2 saturated carbocycles. The molecule has 204 valence electrons. The summed E-state index contributed by atoms with van der Waals surface area (Å²) >= 11 is 0. The molecular formula is C31H41F3O3. The predicted molar refractivity (Wildman–Crippen MR) is 140 cm³/mol. The Kier molecular flexibility index (Phi) is 10.2. The summed E-state index contributed by atoms with van der Waals surface area (Å²) < 4.78 is 61.6. The molecular weight excluding hydrogens is 477 g/mol. The van der Waals surface area contributed by atoms with Crippen LogP contribution in [0.3, 0.4) is 0 Å². The Morgan fingerprint density at radius 1 is 0.757 bits per heavy atom. The van der Waals surface area contributed by atoms with Crippen molar-refractivity contribution in [1.29, 1.82) is 0 Å². The topological polar surface area (TPSA) is 27.7 Å². The first-order chi connectivity index (χ1) is 18.0. The number of benzene rings is 2. The average Bonchev–Trinajstić information content (AvgIpc) is 2.91. The Bertz CT molecular complexity index is 995. The minimum Gasteiger partial charge on any atom is -0.494 e. The molecule has 0 atom stereocenters. The van der Waals surface area contributed by atoms with Crippen LogP contribution in [0.2, 0.25) is 0 Å². The third-order valence-electron chi connectivity index (χ3n) is 8.08. The Morgan fingerprint density at radius 2 is 1.38 bits per heavy atom. The average molecular weight is 519 g/mol. The fourth-order valence-corrected chi connectivity index (χ4v) is 5.85. The molecule has 2 aromatic carbocycles. The highest BCUT2D eigenvalue weighted by atomic mass is 19.2. The van der Waals surface area contributed by atoms with E-state index in [1.54, 1.807) is 12.1 Å². The zero-order valence-corrected chi connectivity index (χ0v) is 22.2. The van der Waals surface area contributed by atoms with Crippen molar-refractivity contribution in [2.45, 2.75) is 96.0 Å².